The summed E-state index contributed by atoms with van der Waals surface area (Å²) in [5.74, 6) is 5.09. The standard InChI is InChI=1S/C10H11N5O2.C7H9NO2.C5H7N3/c1-2-17-10(16)8-9(11)14-15(13-8)7-5-3-4-6-12-7;1-3-6(5-8)7(9)10-4-2;6-8-5-3-1-2-4-7-5/h3-6H,2H2,1H3,(H2,11,14);3H,4H2,1-2H3;1-4H,6H2,(H,7,8)/b;6-3+;. The van der Waals surface area contributed by atoms with Crippen molar-refractivity contribution in [2.45, 2.75) is 20.8 Å². The Kier molecular flexibility index (Phi) is 12.8. The Morgan fingerprint density at radius 3 is 2.20 bits per heavy atom. The van der Waals surface area contributed by atoms with Gasteiger partial charge in [-0.2, -0.15) is 5.26 Å². The zero-order valence-corrected chi connectivity index (χ0v) is 19.6. The fourth-order valence-corrected chi connectivity index (χ4v) is 2.12. The van der Waals surface area contributed by atoms with Crippen LogP contribution in [0.4, 0.5) is 11.6 Å². The molecule has 3 heterocycles. The van der Waals surface area contributed by atoms with Crippen LogP contribution in [0, 0.1) is 11.3 Å². The molecule has 0 aliphatic carbocycles. The van der Waals surface area contributed by atoms with Gasteiger partial charge in [0.15, 0.2) is 11.6 Å². The zero-order valence-electron chi connectivity index (χ0n) is 19.6. The molecule has 0 saturated heterocycles. The fraction of sp³-hybridized carbons (Fsp3) is 0.227. The van der Waals surface area contributed by atoms with E-state index in [0.29, 0.717) is 18.2 Å². The molecule has 0 radical (unpaired) electrons. The zero-order chi connectivity index (χ0) is 26.1. The predicted molar refractivity (Wildman–Crippen MR) is 128 cm³/mol. The highest BCUT2D eigenvalue weighted by molar-refractivity contribution is 5.92. The molecule has 3 aromatic rings. The number of hydrazine groups is 1. The van der Waals surface area contributed by atoms with E-state index in [2.05, 4.69) is 30.3 Å². The summed E-state index contributed by atoms with van der Waals surface area (Å²) in [5, 5.41) is 16.2. The Hall–Kier alpha value is -4.83. The third kappa shape index (κ3) is 9.68. The summed E-state index contributed by atoms with van der Waals surface area (Å²) >= 11 is 0. The minimum absolute atomic E-state index is 0.00231. The lowest BCUT2D eigenvalue weighted by Crippen LogP contribution is -2.08. The van der Waals surface area contributed by atoms with Gasteiger partial charge in [0.25, 0.3) is 0 Å². The summed E-state index contributed by atoms with van der Waals surface area (Å²) in [5.41, 5.74) is 8.06. The first-order valence-electron chi connectivity index (χ1n) is 10.3. The number of hydrogen-bond donors (Lipinski definition) is 3. The molecule has 5 N–H and O–H groups in total. The van der Waals surface area contributed by atoms with E-state index >= 15 is 0 Å². The number of carbonyl (C=O) groups is 2. The van der Waals surface area contributed by atoms with E-state index in [4.69, 9.17) is 21.6 Å². The molecule has 184 valence electrons. The van der Waals surface area contributed by atoms with Crippen LogP contribution in [0.5, 0.6) is 0 Å². The molecule has 0 aliphatic heterocycles. The van der Waals surface area contributed by atoms with Crippen molar-refractivity contribution in [1.82, 2.24) is 25.0 Å². The second kappa shape index (κ2) is 15.9. The maximum absolute atomic E-state index is 11.5. The van der Waals surface area contributed by atoms with Gasteiger partial charge in [-0.3, -0.25) is 0 Å². The van der Waals surface area contributed by atoms with Crippen LogP contribution >= 0.6 is 0 Å². The monoisotopic (exact) mass is 481 g/mol. The molecule has 35 heavy (non-hydrogen) atoms. The van der Waals surface area contributed by atoms with Gasteiger partial charge in [-0.1, -0.05) is 18.2 Å². The number of nitrogens with zero attached hydrogens (tertiary/aromatic N) is 6. The van der Waals surface area contributed by atoms with E-state index in [9.17, 15) is 9.59 Å². The second-order valence-corrected chi connectivity index (χ2v) is 6.03. The Morgan fingerprint density at radius 2 is 1.74 bits per heavy atom. The number of anilines is 2. The molecule has 0 aromatic carbocycles. The maximum atomic E-state index is 11.5. The highest BCUT2D eigenvalue weighted by atomic mass is 16.5. The summed E-state index contributed by atoms with van der Waals surface area (Å²) in [6, 6.07) is 12.5. The molecule has 0 saturated carbocycles. The van der Waals surface area contributed by atoms with Gasteiger partial charge in [0.2, 0.25) is 5.69 Å². The number of nitriles is 1. The SMILES string of the molecule is C/C=C(\C#N)C(=O)OCC.CCOC(=O)c1nn(-c2ccccn2)nc1N.NNc1ccccn1. The highest BCUT2D eigenvalue weighted by Gasteiger charge is 2.18. The van der Waals surface area contributed by atoms with Crippen molar-refractivity contribution in [2.75, 3.05) is 24.4 Å². The van der Waals surface area contributed by atoms with E-state index in [-0.39, 0.29) is 23.7 Å². The fourth-order valence-electron chi connectivity index (χ4n) is 2.12. The first-order valence-corrected chi connectivity index (χ1v) is 10.3. The molecule has 0 bridgehead atoms. The van der Waals surface area contributed by atoms with Gasteiger partial charge in [0.1, 0.15) is 17.5 Å². The number of hydrogen-bond acceptors (Lipinski definition) is 12. The minimum Gasteiger partial charge on any atom is -0.462 e. The molecule has 0 atom stereocenters. The Bertz CT molecular complexity index is 1130. The quantitative estimate of drug-likeness (QED) is 0.152. The van der Waals surface area contributed by atoms with E-state index in [1.54, 1.807) is 63.5 Å². The lowest BCUT2D eigenvalue weighted by molar-refractivity contribution is -0.138. The normalized spacial score (nSPS) is 9.86. The van der Waals surface area contributed by atoms with Crippen molar-refractivity contribution in [3.8, 4) is 11.9 Å². The van der Waals surface area contributed by atoms with Crippen LogP contribution in [0.3, 0.4) is 0 Å². The van der Waals surface area contributed by atoms with E-state index in [1.165, 1.54) is 10.9 Å². The van der Waals surface area contributed by atoms with Crippen LogP contribution in [0.2, 0.25) is 0 Å². The van der Waals surface area contributed by atoms with Gasteiger partial charge >= 0.3 is 11.9 Å². The average Bonchev–Trinajstić information content (AvgIpc) is 3.29. The summed E-state index contributed by atoms with van der Waals surface area (Å²) < 4.78 is 9.36. The third-order valence-electron chi connectivity index (χ3n) is 3.68. The van der Waals surface area contributed by atoms with Crippen LogP contribution in [-0.2, 0) is 14.3 Å². The number of nitrogens with one attached hydrogen (secondary N) is 1. The van der Waals surface area contributed by atoms with Crippen LogP contribution in [0.25, 0.3) is 5.82 Å². The molecular formula is C22H27N9O4. The van der Waals surface area contributed by atoms with Crippen LogP contribution in [0.15, 0.2) is 60.4 Å². The Labute approximate surface area is 202 Å². The van der Waals surface area contributed by atoms with E-state index < -0.39 is 11.9 Å². The number of esters is 2. The molecule has 13 heteroatoms. The van der Waals surface area contributed by atoms with Crippen molar-refractivity contribution in [3.05, 3.63) is 66.1 Å². The molecule has 0 spiro atoms. The van der Waals surface area contributed by atoms with Crippen LogP contribution < -0.4 is 17.0 Å². The molecule has 3 rings (SSSR count). The molecule has 0 amide bonds. The molecular weight excluding hydrogens is 454 g/mol. The number of ether oxygens (including phenoxy) is 2. The predicted octanol–water partition coefficient (Wildman–Crippen LogP) is 1.81. The lowest BCUT2D eigenvalue weighted by atomic mass is 10.3. The molecule has 13 nitrogen and oxygen atoms in total. The summed E-state index contributed by atoms with van der Waals surface area (Å²) in [6.45, 7) is 5.59. The van der Waals surface area contributed by atoms with E-state index in [0.717, 1.165) is 0 Å². The minimum atomic E-state index is -0.591. The summed E-state index contributed by atoms with van der Waals surface area (Å²) in [6.07, 6.45) is 4.70. The number of allylic oxidation sites excluding steroid dienone is 1. The molecule has 0 fully saturated rings. The number of nitrogens with two attached hydrogens (primary N) is 2. The van der Waals surface area contributed by atoms with Gasteiger partial charge in [-0.15, -0.1) is 15.0 Å². The van der Waals surface area contributed by atoms with Gasteiger partial charge in [-0.25, -0.2) is 25.4 Å². The topological polar surface area (TPSA) is 197 Å². The molecule has 0 aliphatic rings. The van der Waals surface area contributed by atoms with Crippen LogP contribution in [0.1, 0.15) is 31.3 Å². The second-order valence-electron chi connectivity index (χ2n) is 6.03. The van der Waals surface area contributed by atoms with Crippen molar-refractivity contribution >= 4 is 23.6 Å². The van der Waals surface area contributed by atoms with Crippen molar-refractivity contribution in [3.63, 3.8) is 0 Å². The third-order valence-corrected chi connectivity index (χ3v) is 3.68. The van der Waals surface area contributed by atoms with Crippen molar-refractivity contribution in [1.29, 1.82) is 5.26 Å². The number of rotatable bonds is 6. The first-order chi connectivity index (χ1) is 16.9. The largest absolute Gasteiger partial charge is 0.462 e. The van der Waals surface area contributed by atoms with Crippen LogP contribution in [-0.4, -0.2) is 50.1 Å². The van der Waals surface area contributed by atoms with Gasteiger partial charge in [-0.05, 0) is 45.0 Å². The average molecular weight is 482 g/mol. The van der Waals surface area contributed by atoms with Gasteiger partial charge in [0.05, 0.1) is 13.2 Å². The van der Waals surface area contributed by atoms with E-state index in [1.807, 2.05) is 12.1 Å². The molecule has 3 aromatic heterocycles. The van der Waals surface area contributed by atoms with Crippen molar-refractivity contribution < 1.29 is 19.1 Å². The number of nitrogen functional groups attached to an aromatic ring is 2. The molecule has 0 unspecified atom stereocenters. The summed E-state index contributed by atoms with van der Waals surface area (Å²) in [4.78, 5) is 31.3. The summed E-state index contributed by atoms with van der Waals surface area (Å²) in [7, 11) is 0. The smallest absolute Gasteiger partial charge is 0.362 e. The number of pyridine rings is 2. The first kappa shape index (κ1) is 28.2. The lowest BCUT2D eigenvalue weighted by Gasteiger charge is -1.97. The van der Waals surface area contributed by atoms with Gasteiger partial charge in [0, 0.05) is 12.4 Å². The highest BCUT2D eigenvalue weighted by Crippen LogP contribution is 2.09. The van der Waals surface area contributed by atoms with Crippen molar-refractivity contribution in [2.24, 2.45) is 5.84 Å². The Morgan fingerprint density at radius 1 is 1.09 bits per heavy atom. The van der Waals surface area contributed by atoms with Gasteiger partial charge < -0.3 is 20.6 Å². The number of carbonyl (C=O) groups excluding carboxylic acids is 2. The Balaban J connectivity index is 0.000000290. The maximum Gasteiger partial charge on any atom is 0.362 e. The number of aromatic nitrogens is 5.